The number of nitrogens with one attached hydrogen (secondary N) is 1. The van der Waals surface area contributed by atoms with Gasteiger partial charge in [0, 0.05) is 44.4 Å². The van der Waals surface area contributed by atoms with Gasteiger partial charge >= 0.3 is 0 Å². The van der Waals surface area contributed by atoms with Crippen molar-refractivity contribution in [1.29, 1.82) is 5.26 Å². The van der Waals surface area contributed by atoms with Crippen molar-refractivity contribution in [3.05, 3.63) is 39.8 Å². The Morgan fingerprint density at radius 1 is 1.46 bits per heavy atom. The van der Waals surface area contributed by atoms with Crippen molar-refractivity contribution in [1.82, 2.24) is 15.3 Å². The molecule has 1 amide bonds. The number of thiophene rings is 1. The van der Waals surface area contributed by atoms with Gasteiger partial charge in [-0.2, -0.15) is 5.26 Å². The summed E-state index contributed by atoms with van der Waals surface area (Å²) in [6.07, 6.45) is 1.55. The number of amides is 1. The molecular formula is C23H24FN7O3S. The smallest absolute Gasteiger partial charge is 0.263 e. The van der Waals surface area contributed by atoms with E-state index in [2.05, 4.69) is 15.3 Å². The minimum atomic E-state index is -0.654. The van der Waals surface area contributed by atoms with Crippen molar-refractivity contribution in [2.24, 2.45) is 5.73 Å². The van der Waals surface area contributed by atoms with Crippen molar-refractivity contribution < 1.29 is 18.7 Å². The summed E-state index contributed by atoms with van der Waals surface area (Å²) in [6.45, 7) is 2.83. The highest BCUT2D eigenvalue weighted by Crippen LogP contribution is 2.38. The molecule has 0 aliphatic carbocycles. The van der Waals surface area contributed by atoms with Crippen molar-refractivity contribution >= 4 is 39.0 Å². The van der Waals surface area contributed by atoms with Gasteiger partial charge in [-0.3, -0.25) is 4.79 Å². The van der Waals surface area contributed by atoms with Crippen LogP contribution in [0.4, 0.5) is 15.8 Å². The summed E-state index contributed by atoms with van der Waals surface area (Å²) in [7, 11) is 1.57. The quantitative estimate of drug-likeness (QED) is 0.487. The van der Waals surface area contributed by atoms with E-state index in [1.165, 1.54) is 0 Å². The second-order valence-corrected chi connectivity index (χ2v) is 9.71. The van der Waals surface area contributed by atoms with Gasteiger partial charge in [0.25, 0.3) is 5.91 Å². The van der Waals surface area contributed by atoms with E-state index in [1.807, 2.05) is 17.9 Å². The van der Waals surface area contributed by atoms with E-state index in [0.717, 1.165) is 17.0 Å². The summed E-state index contributed by atoms with van der Waals surface area (Å²) < 4.78 is 26.7. The highest BCUT2D eigenvalue weighted by atomic mass is 32.1. The Hall–Kier alpha value is -3.53. The zero-order chi connectivity index (χ0) is 24.9. The predicted octanol–water partition coefficient (Wildman–Crippen LogP) is 1.49. The molecular weight excluding hydrogens is 473 g/mol. The first kappa shape index (κ1) is 23.2. The van der Waals surface area contributed by atoms with Gasteiger partial charge in [-0.25, -0.2) is 14.4 Å². The molecule has 35 heavy (non-hydrogen) atoms. The van der Waals surface area contributed by atoms with Crippen molar-refractivity contribution in [3.63, 3.8) is 0 Å². The van der Waals surface area contributed by atoms with Gasteiger partial charge in [0.2, 0.25) is 0 Å². The number of methoxy groups -OCH3 is 1. The maximum absolute atomic E-state index is 15.5. The van der Waals surface area contributed by atoms with E-state index in [-0.39, 0.29) is 42.0 Å². The SMILES string of the molecule is CO[C@H]1CN(c2cc3c(c(F)c2C#N)C[C@@H](NC(=O)c2sc4nc(C)cnc4c2N)CO3)C[C@@H]1N. The second kappa shape index (κ2) is 8.92. The molecule has 0 bridgehead atoms. The Kier molecular flexibility index (Phi) is 5.92. The molecule has 5 N–H and O–H groups in total. The number of anilines is 2. The fourth-order valence-electron chi connectivity index (χ4n) is 4.55. The third-order valence-electron chi connectivity index (χ3n) is 6.36. The standard InChI is InChI=1S/C23H24FN7O3S/c1-10-6-28-20-19(27)21(35-23(20)29-10)22(32)30-11-3-12-16(34-9-11)4-15(13(5-25)18(12)24)31-7-14(26)17(8-31)33-2/h4,6,11,14,17H,3,7-9,26-27H2,1-2H3,(H,30,32)/t11-,14+,17+/m1/s1. The van der Waals surface area contributed by atoms with E-state index < -0.39 is 17.8 Å². The molecule has 0 saturated carbocycles. The number of nitriles is 1. The van der Waals surface area contributed by atoms with E-state index in [4.69, 9.17) is 20.9 Å². The van der Waals surface area contributed by atoms with E-state index in [0.29, 0.717) is 39.8 Å². The fraction of sp³-hybridized carbons (Fsp3) is 0.391. The molecule has 1 fully saturated rings. The van der Waals surface area contributed by atoms with Crippen LogP contribution in [-0.4, -0.2) is 60.9 Å². The maximum Gasteiger partial charge on any atom is 0.263 e. The lowest BCUT2D eigenvalue weighted by Gasteiger charge is -2.29. The molecule has 5 rings (SSSR count). The number of aromatic nitrogens is 2. The molecule has 2 aliphatic rings. The van der Waals surface area contributed by atoms with Crippen LogP contribution in [0.5, 0.6) is 5.75 Å². The maximum atomic E-state index is 15.5. The zero-order valence-electron chi connectivity index (χ0n) is 19.2. The van der Waals surface area contributed by atoms with E-state index in [1.54, 1.807) is 19.4 Å². The van der Waals surface area contributed by atoms with Crippen LogP contribution >= 0.6 is 11.3 Å². The Bertz CT molecular complexity index is 1370. The van der Waals surface area contributed by atoms with Crippen LogP contribution in [0.3, 0.4) is 0 Å². The molecule has 2 aliphatic heterocycles. The third-order valence-corrected chi connectivity index (χ3v) is 7.45. The lowest BCUT2D eigenvalue weighted by atomic mass is 9.97. The largest absolute Gasteiger partial charge is 0.491 e. The van der Waals surface area contributed by atoms with Gasteiger partial charge in [0.1, 0.15) is 45.0 Å². The number of carbonyl (C=O) groups excluding carboxylic acids is 1. The van der Waals surface area contributed by atoms with Crippen LogP contribution < -0.4 is 26.4 Å². The number of hydrogen-bond donors (Lipinski definition) is 3. The average Bonchev–Trinajstić information content (AvgIpc) is 3.38. The number of rotatable bonds is 4. The van der Waals surface area contributed by atoms with Crippen LogP contribution in [-0.2, 0) is 11.2 Å². The number of carbonyl (C=O) groups is 1. The highest BCUT2D eigenvalue weighted by molar-refractivity contribution is 7.21. The van der Waals surface area contributed by atoms with E-state index >= 15 is 4.39 Å². The average molecular weight is 498 g/mol. The van der Waals surface area contributed by atoms with Gasteiger partial charge in [-0.1, -0.05) is 0 Å². The molecule has 2 aromatic heterocycles. The predicted molar refractivity (Wildman–Crippen MR) is 129 cm³/mol. The summed E-state index contributed by atoms with van der Waals surface area (Å²) >= 11 is 1.15. The minimum absolute atomic E-state index is 0.0791. The Balaban J connectivity index is 1.38. The van der Waals surface area contributed by atoms with Crippen LogP contribution in [0.25, 0.3) is 10.3 Å². The molecule has 1 saturated heterocycles. The first-order chi connectivity index (χ1) is 16.8. The molecule has 12 heteroatoms. The van der Waals surface area contributed by atoms with Gasteiger partial charge in [0.05, 0.1) is 35.3 Å². The minimum Gasteiger partial charge on any atom is -0.491 e. The lowest BCUT2D eigenvalue weighted by Crippen LogP contribution is -2.43. The van der Waals surface area contributed by atoms with Crippen LogP contribution in [0.1, 0.15) is 26.5 Å². The summed E-state index contributed by atoms with van der Waals surface area (Å²) in [6, 6.07) is 2.89. The first-order valence-electron chi connectivity index (χ1n) is 11.0. The molecule has 3 atom stereocenters. The normalized spacial score (nSPS) is 21.5. The number of nitrogen functional groups attached to an aromatic ring is 1. The summed E-state index contributed by atoms with van der Waals surface area (Å²) in [5.74, 6) is -0.712. The van der Waals surface area contributed by atoms with Gasteiger partial charge in [-0.05, 0) is 6.92 Å². The number of nitrogens with zero attached hydrogens (tertiary/aromatic N) is 4. The Morgan fingerprint density at radius 3 is 2.97 bits per heavy atom. The topological polar surface area (TPSA) is 152 Å². The summed E-state index contributed by atoms with van der Waals surface area (Å²) in [4.78, 5) is 24.3. The van der Waals surface area contributed by atoms with Crippen LogP contribution in [0, 0.1) is 24.1 Å². The summed E-state index contributed by atoms with van der Waals surface area (Å²) in [5.41, 5.74) is 14.3. The number of aryl methyl sites for hydroxylation is 1. The number of benzene rings is 1. The van der Waals surface area contributed by atoms with Gasteiger partial charge in [0.15, 0.2) is 0 Å². The number of nitrogens with two attached hydrogens (primary N) is 2. The molecule has 4 heterocycles. The highest BCUT2D eigenvalue weighted by Gasteiger charge is 2.35. The molecule has 0 spiro atoms. The second-order valence-electron chi connectivity index (χ2n) is 8.71. The van der Waals surface area contributed by atoms with Crippen LogP contribution in [0.2, 0.25) is 0 Å². The molecule has 3 aromatic rings. The van der Waals surface area contributed by atoms with Gasteiger partial charge < -0.3 is 31.2 Å². The van der Waals surface area contributed by atoms with E-state index in [9.17, 15) is 10.1 Å². The van der Waals surface area contributed by atoms with Crippen molar-refractivity contribution in [2.75, 3.05) is 37.4 Å². The first-order valence-corrected chi connectivity index (χ1v) is 11.9. The number of halogens is 1. The van der Waals surface area contributed by atoms with Crippen LogP contribution in [0.15, 0.2) is 12.3 Å². The fourth-order valence-corrected chi connectivity index (χ4v) is 5.55. The number of fused-ring (bicyclic) bond motifs is 2. The Morgan fingerprint density at radius 2 is 2.26 bits per heavy atom. The lowest BCUT2D eigenvalue weighted by molar-refractivity contribution is 0.0919. The monoisotopic (exact) mass is 497 g/mol. The van der Waals surface area contributed by atoms with Crippen molar-refractivity contribution in [2.45, 2.75) is 31.5 Å². The van der Waals surface area contributed by atoms with Crippen molar-refractivity contribution in [3.8, 4) is 11.8 Å². The molecule has 182 valence electrons. The van der Waals surface area contributed by atoms with Gasteiger partial charge in [-0.15, -0.1) is 11.3 Å². The molecule has 10 nitrogen and oxygen atoms in total. The molecule has 1 aromatic carbocycles. The molecule has 0 radical (unpaired) electrons. The zero-order valence-corrected chi connectivity index (χ0v) is 20.0. The Labute approximate surface area is 204 Å². The number of hydrogen-bond acceptors (Lipinski definition) is 10. The summed E-state index contributed by atoms with van der Waals surface area (Å²) in [5, 5.41) is 12.6. The molecule has 0 unspecified atom stereocenters. The number of ether oxygens (including phenoxy) is 2. The third kappa shape index (κ3) is 4.01.